The minimum Gasteiger partial charge on any atom is -0.469 e. The first kappa shape index (κ1) is 20.9. The summed E-state index contributed by atoms with van der Waals surface area (Å²) >= 11 is 0. The number of aliphatic hydroxyl groups excluding tert-OH is 1. The molecule has 0 aromatic carbocycles. The number of esters is 1. The van der Waals surface area contributed by atoms with Gasteiger partial charge in [0, 0.05) is 6.42 Å². The van der Waals surface area contributed by atoms with Gasteiger partial charge >= 0.3 is 5.97 Å². The number of carbonyl (C=O) groups excluding carboxylic acids is 1. The van der Waals surface area contributed by atoms with E-state index in [-0.39, 0.29) is 12.1 Å². The number of hydrogen-bond donors (Lipinski definition) is 1. The first-order valence-corrected chi connectivity index (χ1v) is 8.79. The Balaban J connectivity index is 3.38. The van der Waals surface area contributed by atoms with E-state index in [1.165, 1.54) is 39.2 Å². The minimum atomic E-state index is -0.300. The van der Waals surface area contributed by atoms with Gasteiger partial charge in [0.05, 0.1) is 13.2 Å². The summed E-state index contributed by atoms with van der Waals surface area (Å²) in [5.41, 5.74) is 0. The van der Waals surface area contributed by atoms with Crippen LogP contribution in [0.3, 0.4) is 0 Å². The molecule has 0 saturated carbocycles. The predicted octanol–water partition coefficient (Wildman–Crippen LogP) is 4.94. The third-order valence-corrected chi connectivity index (χ3v) is 3.66. The van der Waals surface area contributed by atoms with Gasteiger partial charge in [-0.1, -0.05) is 69.8 Å². The van der Waals surface area contributed by atoms with Crippen molar-refractivity contribution in [3.8, 4) is 0 Å². The molecule has 0 aliphatic rings. The zero-order valence-electron chi connectivity index (χ0n) is 14.4. The zero-order valence-corrected chi connectivity index (χ0v) is 14.4. The summed E-state index contributed by atoms with van der Waals surface area (Å²) in [6.07, 6.45) is 19.3. The highest BCUT2D eigenvalue weighted by molar-refractivity contribution is 5.68. The van der Waals surface area contributed by atoms with Crippen LogP contribution in [0.15, 0.2) is 24.3 Å². The topological polar surface area (TPSA) is 46.5 Å². The fraction of sp³-hybridized carbons (Fsp3) is 0.737. The molecule has 0 bridgehead atoms. The lowest BCUT2D eigenvalue weighted by Crippen LogP contribution is -2.00. The third-order valence-electron chi connectivity index (χ3n) is 3.66. The second kappa shape index (κ2) is 16.3. The first-order valence-electron chi connectivity index (χ1n) is 8.79. The van der Waals surface area contributed by atoms with E-state index < -0.39 is 0 Å². The maximum absolute atomic E-state index is 10.9. The van der Waals surface area contributed by atoms with Gasteiger partial charge in [-0.15, -0.1) is 0 Å². The lowest BCUT2D eigenvalue weighted by Gasteiger charge is -2.03. The third kappa shape index (κ3) is 15.3. The van der Waals surface area contributed by atoms with E-state index in [2.05, 4.69) is 17.7 Å². The van der Waals surface area contributed by atoms with Crippen molar-refractivity contribution in [3.05, 3.63) is 24.3 Å². The van der Waals surface area contributed by atoms with Crippen LogP contribution in [0, 0.1) is 0 Å². The molecule has 0 amide bonds. The summed E-state index contributed by atoms with van der Waals surface area (Å²) in [5, 5.41) is 9.70. The molecule has 0 aliphatic carbocycles. The standard InChI is InChI=1S/C19H34O3/c1-3-4-12-15-18(20)16-13-10-8-6-5-7-9-11-14-17-19(21)22-2/h8,10,13,16,18,20H,3-7,9,11-12,14-15,17H2,1-2H3/t18-/m0/s1. The molecule has 3 nitrogen and oxygen atoms in total. The van der Waals surface area contributed by atoms with Gasteiger partial charge < -0.3 is 9.84 Å². The van der Waals surface area contributed by atoms with Crippen LogP contribution in [0.2, 0.25) is 0 Å². The van der Waals surface area contributed by atoms with Crippen molar-refractivity contribution < 1.29 is 14.6 Å². The molecule has 128 valence electrons. The smallest absolute Gasteiger partial charge is 0.305 e. The van der Waals surface area contributed by atoms with Crippen molar-refractivity contribution in [3.63, 3.8) is 0 Å². The number of carbonyl (C=O) groups is 1. The number of hydrogen-bond acceptors (Lipinski definition) is 3. The van der Waals surface area contributed by atoms with E-state index in [1.807, 2.05) is 18.2 Å². The summed E-state index contributed by atoms with van der Waals surface area (Å²) in [6, 6.07) is 0. The fourth-order valence-electron chi connectivity index (χ4n) is 2.23. The molecule has 3 heteroatoms. The molecule has 1 atom stereocenters. The molecule has 0 aromatic heterocycles. The number of methoxy groups -OCH3 is 1. The molecule has 22 heavy (non-hydrogen) atoms. The van der Waals surface area contributed by atoms with Crippen molar-refractivity contribution in [1.29, 1.82) is 0 Å². The number of ether oxygens (including phenoxy) is 1. The molecule has 1 N–H and O–H groups in total. The highest BCUT2D eigenvalue weighted by atomic mass is 16.5. The molecule has 0 spiro atoms. The normalized spacial score (nSPS) is 13.0. The number of unbranched alkanes of at least 4 members (excludes halogenated alkanes) is 7. The van der Waals surface area contributed by atoms with E-state index in [0.29, 0.717) is 6.42 Å². The molecule has 0 heterocycles. The summed E-state index contributed by atoms with van der Waals surface area (Å²) in [6.45, 7) is 2.17. The van der Waals surface area contributed by atoms with Crippen LogP contribution in [0.5, 0.6) is 0 Å². The second-order valence-electron chi connectivity index (χ2n) is 5.76. The second-order valence-corrected chi connectivity index (χ2v) is 5.76. The van der Waals surface area contributed by atoms with Gasteiger partial charge in [0.25, 0.3) is 0 Å². The summed E-state index contributed by atoms with van der Waals surface area (Å²) in [4.78, 5) is 10.9. The van der Waals surface area contributed by atoms with Crippen LogP contribution in [-0.4, -0.2) is 24.3 Å². The minimum absolute atomic E-state index is 0.105. The predicted molar refractivity (Wildman–Crippen MR) is 92.8 cm³/mol. The Morgan fingerprint density at radius 1 is 1.05 bits per heavy atom. The Labute approximate surface area is 136 Å². The van der Waals surface area contributed by atoms with E-state index in [0.717, 1.165) is 32.1 Å². The molecule has 0 fully saturated rings. The summed E-state index contributed by atoms with van der Waals surface area (Å²) in [5.74, 6) is -0.105. The molecule has 0 aromatic rings. The maximum atomic E-state index is 10.9. The molecule has 0 aliphatic heterocycles. The van der Waals surface area contributed by atoms with Gasteiger partial charge in [0.1, 0.15) is 0 Å². The molecule has 0 radical (unpaired) electrons. The summed E-state index contributed by atoms with van der Waals surface area (Å²) in [7, 11) is 1.44. The quantitative estimate of drug-likeness (QED) is 0.281. The summed E-state index contributed by atoms with van der Waals surface area (Å²) < 4.78 is 4.60. The van der Waals surface area contributed by atoms with Crippen LogP contribution in [0.1, 0.15) is 77.6 Å². The molecular weight excluding hydrogens is 276 g/mol. The van der Waals surface area contributed by atoms with Crippen LogP contribution in [-0.2, 0) is 9.53 Å². The van der Waals surface area contributed by atoms with E-state index in [9.17, 15) is 9.90 Å². The van der Waals surface area contributed by atoms with Crippen LogP contribution in [0.25, 0.3) is 0 Å². The lowest BCUT2D eigenvalue weighted by molar-refractivity contribution is -0.140. The Morgan fingerprint density at radius 3 is 2.50 bits per heavy atom. The average Bonchev–Trinajstić information content (AvgIpc) is 2.52. The lowest BCUT2D eigenvalue weighted by atomic mass is 10.1. The average molecular weight is 310 g/mol. The van der Waals surface area contributed by atoms with Crippen molar-refractivity contribution in [1.82, 2.24) is 0 Å². The molecule has 0 saturated heterocycles. The van der Waals surface area contributed by atoms with Crippen molar-refractivity contribution in [2.24, 2.45) is 0 Å². The number of rotatable bonds is 14. The molecular formula is C19H34O3. The monoisotopic (exact) mass is 310 g/mol. The first-order chi connectivity index (χ1) is 10.7. The zero-order chi connectivity index (χ0) is 16.5. The Bertz CT molecular complexity index is 308. The van der Waals surface area contributed by atoms with Crippen molar-refractivity contribution in [2.45, 2.75) is 83.7 Å². The number of allylic oxidation sites excluding steroid dienone is 3. The van der Waals surface area contributed by atoms with Crippen molar-refractivity contribution in [2.75, 3.05) is 7.11 Å². The van der Waals surface area contributed by atoms with Gasteiger partial charge in [-0.25, -0.2) is 0 Å². The van der Waals surface area contributed by atoms with Gasteiger partial charge in [-0.05, 0) is 25.7 Å². The SMILES string of the molecule is CCCCC[C@H](O)C=CC=CCCCCCCCC(=O)OC. The maximum Gasteiger partial charge on any atom is 0.305 e. The van der Waals surface area contributed by atoms with Gasteiger partial charge in [-0.3, -0.25) is 4.79 Å². The molecule has 0 rings (SSSR count). The molecule has 0 unspecified atom stereocenters. The van der Waals surface area contributed by atoms with Gasteiger partial charge in [0.2, 0.25) is 0 Å². The van der Waals surface area contributed by atoms with Crippen molar-refractivity contribution >= 4 is 5.97 Å². The van der Waals surface area contributed by atoms with Crippen LogP contribution >= 0.6 is 0 Å². The van der Waals surface area contributed by atoms with E-state index in [4.69, 9.17) is 0 Å². The Kier molecular flexibility index (Phi) is 15.5. The van der Waals surface area contributed by atoms with E-state index >= 15 is 0 Å². The van der Waals surface area contributed by atoms with Gasteiger partial charge in [-0.2, -0.15) is 0 Å². The largest absolute Gasteiger partial charge is 0.469 e. The number of aliphatic hydroxyl groups is 1. The van der Waals surface area contributed by atoms with Crippen LogP contribution in [0.4, 0.5) is 0 Å². The fourth-order valence-corrected chi connectivity index (χ4v) is 2.23. The highest BCUT2D eigenvalue weighted by Gasteiger charge is 1.98. The van der Waals surface area contributed by atoms with Gasteiger partial charge in [0.15, 0.2) is 0 Å². The Morgan fingerprint density at radius 2 is 1.77 bits per heavy atom. The Hall–Kier alpha value is -1.09. The van der Waals surface area contributed by atoms with Crippen LogP contribution < -0.4 is 0 Å². The van der Waals surface area contributed by atoms with E-state index in [1.54, 1.807) is 0 Å². The highest BCUT2D eigenvalue weighted by Crippen LogP contribution is 2.08.